The van der Waals surface area contributed by atoms with Crippen molar-refractivity contribution in [2.75, 3.05) is 5.32 Å². The van der Waals surface area contributed by atoms with Crippen LogP contribution >= 0.6 is 0 Å². The molecule has 0 heterocycles. The molecule has 20 heavy (non-hydrogen) atoms. The third-order valence-electron chi connectivity index (χ3n) is 2.70. The molecular weight excluding hydrogens is 260 g/mol. The predicted octanol–water partition coefficient (Wildman–Crippen LogP) is 3.13. The number of nitrogens with one attached hydrogen (secondary N) is 1. The van der Waals surface area contributed by atoms with Crippen molar-refractivity contribution in [2.45, 2.75) is 6.42 Å². The quantitative estimate of drug-likeness (QED) is 0.854. The van der Waals surface area contributed by atoms with Crippen molar-refractivity contribution in [2.24, 2.45) is 0 Å². The third kappa shape index (κ3) is 3.21. The van der Waals surface area contributed by atoms with Crippen LogP contribution in [0.1, 0.15) is 11.1 Å². The van der Waals surface area contributed by atoms with Gasteiger partial charge >= 0.3 is 0 Å². The lowest BCUT2D eigenvalue weighted by Gasteiger charge is -2.07. The molecule has 0 aliphatic carbocycles. The molecule has 2 aromatic carbocycles. The fourth-order valence-corrected chi connectivity index (χ4v) is 1.75. The van der Waals surface area contributed by atoms with Gasteiger partial charge in [0.15, 0.2) is 11.6 Å². The molecule has 0 radical (unpaired) electrons. The van der Waals surface area contributed by atoms with Gasteiger partial charge in [0.1, 0.15) is 0 Å². The van der Waals surface area contributed by atoms with Crippen molar-refractivity contribution in [1.82, 2.24) is 0 Å². The minimum atomic E-state index is -1.000. The number of anilines is 1. The van der Waals surface area contributed by atoms with Gasteiger partial charge in [-0.3, -0.25) is 4.79 Å². The Morgan fingerprint density at radius 1 is 1.20 bits per heavy atom. The molecule has 0 saturated carbocycles. The van der Waals surface area contributed by atoms with E-state index in [1.54, 1.807) is 24.3 Å². The fraction of sp³-hybridized carbons (Fsp3) is 0.0625. The number of carbonyl (C=O) groups is 1. The Morgan fingerprint density at radius 2 is 1.95 bits per heavy atom. The Kier molecular flexibility index (Phi) is 4.11. The first-order valence-corrected chi connectivity index (χ1v) is 5.89. The highest BCUT2D eigenvalue weighted by atomic mass is 19.2. The van der Waals surface area contributed by atoms with E-state index in [-0.39, 0.29) is 12.0 Å². The van der Waals surface area contributed by atoms with E-state index in [2.05, 4.69) is 11.2 Å². The fourth-order valence-electron chi connectivity index (χ4n) is 1.75. The largest absolute Gasteiger partial charge is 0.326 e. The molecular formula is C16H11F2NO. The Balaban J connectivity index is 2.09. The average molecular weight is 271 g/mol. The summed E-state index contributed by atoms with van der Waals surface area (Å²) in [5.41, 5.74) is 1.15. The summed E-state index contributed by atoms with van der Waals surface area (Å²) in [6.07, 6.45) is 5.01. The van der Waals surface area contributed by atoms with Gasteiger partial charge in [0.05, 0.1) is 6.42 Å². The van der Waals surface area contributed by atoms with Gasteiger partial charge in [-0.25, -0.2) is 8.78 Å². The Morgan fingerprint density at radius 3 is 2.70 bits per heavy atom. The number of carbonyl (C=O) groups excluding carboxylic acids is 1. The summed E-state index contributed by atoms with van der Waals surface area (Å²) in [5, 5.41) is 2.59. The third-order valence-corrected chi connectivity index (χ3v) is 2.70. The molecule has 100 valence electrons. The molecule has 0 aliphatic heterocycles. The van der Waals surface area contributed by atoms with Gasteiger partial charge in [-0.2, -0.15) is 0 Å². The minimum Gasteiger partial charge on any atom is -0.326 e. The summed E-state index contributed by atoms with van der Waals surface area (Å²) < 4.78 is 26.5. The second-order valence-electron chi connectivity index (χ2n) is 4.16. The molecule has 2 aromatic rings. The van der Waals surface area contributed by atoms with Crippen LogP contribution in [0.25, 0.3) is 0 Å². The zero-order chi connectivity index (χ0) is 14.5. The van der Waals surface area contributed by atoms with E-state index in [1.807, 2.05) is 0 Å². The standard InChI is InChI=1S/C16H11F2NO/c1-2-11-5-3-7-13(9-11)19-15(20)10-12-6-4-8-14(17)16(12)18/h1,3-9H,10H2,(H,19,20). The van der Waals surface area contributed by atoms with Crippen molar-refractivity contribution in [3.63, 3.8) is 0 Å². The monoisotopic (exact) mass is 271 g/mol. The van der Waals surface area contributed by atoms with Crippen molar-refractivity contribution in [3.8, 4) is 12.3 Å². The summed E-state index contributed by atoms with van der Waals surface area (Å²) in [6, 6.07) is 10.5. The molecule has 0 aromatic heterocycles. The summed E-state index contributed by atoms with van der Waals surface area (Å²) in [6.45, 7) is 0. The molecule has 2 rings (SSSR count). The van der Waals surface area contributed by atoms with Gasteiger partial charge in [-0.05, 0) is 24.3 Å². The lowest BCUT2D eigenvalue weighted by molar-refractivity contribution is -0.115. The second kappa shape index (κ2) is 5.98. The van der Waals surface area contributed by atoms with Crippen LogP contribution in [0, 0.1) is 24.0 Å². The summed E-state index contributed by atoms with van der Waals surface area (Å²) in [4.78, 5) is 11.8. The second-order valence-corrected chi connectivity index (χ2v) is 4.16. The molecule has 4 heteroatoms. The predicted molar refractivity (Wildman–Crippen MR) is 73.1 cm³/mol. The SMILES string of the molecule is C#Cc1cccc(NC(=O)Cc2cccc(F)c2F)c1. The van der Waals surface area contributed by atoms with E-state index in [0.717, 1.165) is 6.07 Å². The summed E-state index contributed by atoms with van der Waals surface area (Å²) in [7, 11) is 0. The normalized spacial score (nSPS) is 9.85. The van der Waals surface area contributed by atoms with Crippen molar-refractivity contribution >= 4 is 11.6 Å². The van der Waals surface area contributed by atoms with Gasteiger partial charge in [-0.1, -0.05) is 24.1 Å². The molecule has 0 fully saturated rings. The molecule has 1 N–H and O–H groups in total. The highest BCUT2D eigenvalue weighted by Gasteiger charge is 2.11. The van der Waals surface area contributed by atoms with E-state index in [0.29, 0.717) is 11.3 Å². The molecule has 0 saturated heterocycles. The van der Waals surface area contributed by atoms with E-state index in [4.69, 9.17) is 6.42 Å². The maximum atomic E-state index is 13.4. The van der Waals surface area contributed by atoms with Crippen molar-refractivity contribution in [1.29, 1.82) is 0 Å². The first kappa shape index (κ1) is 13.8. The Bertz CT molecular complexity index is 689. The summed E-state index contributed by atoms with van der Waals surface area (Å²) >= 11 is 0. The highest BCUT2D eigenvalue weighted by molar-refractivity contribution is 5.92. The number of benzene rings is 2. The maximum absolute atomic E-state index is 13.4. The number of hydrogen-bond donors (Lipinski definition) is 1. The summed E-state index contributed by atoms with van der Waals surface area (Å²) in [5.74, 6) is 0.0370. The van der Waals surface area contributed by atoms with Crippen LogP contribution in [-0.2, 0) is 11.2 Å². The van der Waals surface area contributed by atoms with Gasteiger partial charge in [-0.15, -0.1) is 6.42 Å². The number of terminal acetylenes is 1. The molecule has 1 amide bonds. The topological polar surface area (TPSA) is 29.1 Å². The van der Waals surface area contributed by atoms with Crippen LogP contribution in [0.2, 0.25) is 0 Å². The molecule has 0 bridgehead atoms. The first-order valence-electron chi connectivity index (χ1n) is 5.89. The van der Waals surface area contributed by atoms with E-state index in [1.165, 1.54) is 12.1 Å². The molecule has 0 atom stereocenters. The van der Waals surface area contributed by atoms with Crippen molar-refractivity contribution < 1.29 is 13.6 Å². The van der Waals surface area contributed by atoms with Gasteiger partial charge in [0, 0.05) is 16.8 Å². The lowest BCUT2D eigenvalue weighted by atomic mass is 10.1. The van der Waals surface area contributed by atoms with E-state index in [9.17, 15) is 13.6 Å². The van der Waals surface area contributed by atoms with Crippen LogP contribution in [-0.4, -0.2) is 5.91 Å². The van der Waals surface area contributed by atoms with Crippen molar-refractivity contribution in [3.05, 3.63) is 65.2 Å². The maximum Gasteiger partial charge on any atom is 0.228 e. The first-order chi connectivity index (χ1) is 9.60. The highest BCUT2D eigenvalue weighted by Crippen LogP contribution is 2.14. The smallest absolute Gasteiger partial charge is 0.228 e. The molecule has 0 aliphatic rings. The number of amides is 1. The van der Waals surface area contributed by atoms with Gasteiger partial charge in [0.2, 0.25) is 5.91 Å². The number of hydrogen-bond acceptors (Lipinski definition) is 1. The molecule has 0 spiro atoms. The Labute approximate surface area is 115 Å². The van der Waals surface area contributed by atoms with Crippen LogP contribution in [0.5, 0.6) is 0 Å². The zero-order valence-electron chi connectivity index (χ0n) is 10.5. The van der Waals surface area contributed by atoms with Crippen LogP contribution in [0.4, 0.5) is 14.5 Å². The molecule has 0 unspecified atom stereocenters. The van der Waals surface area contributed by atoms with Crippen LogP contribution in [0.3, 0.4) is 0 Å². The van der Waals surface area contributed by atoms with Crippen LogP contribution in [0.15, 0.2) is 42.5 Å². The lowest BCUT2D eigenvalue weighted by Crippen LogP contribution is -2.15. The van der Waals surface area contributed by atoms with E-state index >= 15 is 0 Å². The average Bonchev–Trinajstić information content (AvgIpc) is 2.44. The minimum absolute atomic E-state index is 0.00982. The zero-order valence-corrected chi connectivity index (χ0v) is 10.5. The molecule has 2 nitrogen and oxygen atoms in total. The van der Waals surface area contributed by atoms with Crippen LogP contribution < -0.4 is 5.32 Å². The van der Waals surface area contributed by atoms with Gasteiger partial charge in [0.25, 0.3) is 0 Å². The number of halogens is 2. The van der Waals surface area contributed by atoms with Gasteiger partial charge < -0.3 is 5.32 Å². The van der Waals surface area contributed by atoms with E-state index < -0.39 is 17.5 Å². The Hall–Kier alpha value is -2.67. The number of rotatable bonds is 3.